The lowest BCUT2D eigenvalue weighted by atomic mass is 10.1. The van der Waals surface area contributed by atoms with Crippen LogP contribution in [0.15, 0.2) is 54.1 Å². The largest absolute Gasteiger partial charge is 0.495 e. The molecule has 0 fully saturated rings. The van der Waals surface area contributed by atoms with Crippen LogP contribution in [0.25, 0.3) is 11.8 Å². The Morgan fingerprint density at radius 2 is 2.00 bits per heavy atom. The first-order chi connectivity index (χ1) is 16.3. The number of nitrogens with zero attached hydrogens (tertiary/aromatic N) is 3. The highest BCUT2D eigenvalue weighted by molar-refractivity contribution is 6.09. The first-order valence-electron chi connectivity index (χ1n) is 10.5. The van der Waals surface area contributed by atoms with Crippen LogP contribution in [0.2, 0.25) is 0 Å². The molecule has 0 atom stereocenters. The molecule has 0 radical (unpaired) electrons. The lowest BCUT2D eigenvalue weighted by Gasteiger charge is -2.14. The highest BCUT2D eigenvalue weighted by Crippen LogP contribution is 2.32. The van der Waals surface area contributed by atoms with Crippen molar-refractivity contribution in [1.29, 1.82) is 5.26 Å². The number of nitro groups is 1. The number of carbonyl (C=O) groups excluding carboxylic acids is 1. The molecular formula is C25H24N4O5. The van der Waals surface area contributed by atoms with Crippen LogP contribution < -0.4 is 14.8 Å². The summed E-state index contributed by atoms with van der Waals surface area (Å²) in [5, 5.41) is 23.6. The summed E-state index contributed by atoms with van der Waals surface area (Å²) in [7, 11) is 1.48. The van der Waals surface area contributed by atoms with E-state index in [-0.39, 0.29) is 11.3 Å². The van der Waals surface area contributed by atoms with E-state index >= 15 is 0 Å². The first-order valence-corrected chi connectivity index (χ1v) is 10.5. The van der Waals surface area contributed by atoms with E-state index in [0.29, 0.717) is 40.7 Å². The van der Waals surface area contributed by atoms with Gasteiger partial charge < -0.3 is 19.4 Å². The lowest BCUT2D eigenvalue weighted by molar-refractivity contribution is -0.384. The average Bonchev–Trinajstić information content (AvgIpc) is 3.09. The van der Waals surface area contributed by atoms with E-state index in [2.05, 4.69) is 5.32 Å². The number of hydrogen-bond acceptors (Lipinski definition) is 6. The van der Waals surface area contributed by atoms with Crippen molar-refractivity contribution in [3.05, 3.63) is 81.2 Å². The third-order valence-corrected chi connectivity index (χ3v) is 5.15. The van der Waals surface area contributed by atoms with Gasteiger partial charge in [-0.25, -0.2) is 0 Å². The second-order valence-corrected chi connectivity index (χ2v) is 7.36. The monoisotopic (exact) mass is 460 g/mol. The molecule has 0 spiro atoms. The second-order valence-electron chi connectivity index (χ2n) is 7.36. The molecule has 0 unspecified atom stereocenters. The number of hydrogen-bond donors (Lipinski definition) is 1. The Bertz CT molecular complexity index is 1320. The fraction of sp³-hybridized carbons (Fsp3) is 0.200. The zero-order valence-corrected chi connectivity index (χ0v) is 19.3. The van der Waals surface area contributed by atoms with Gasteiger partial charge in [-0.05, 0) is 56.7 Å². The zero-order valence-electron chi connectivity index (χ0n) is 19.3. The number of nitrogens with one attached hydrogen (secondary N) is 1. The van der Waals surface area contributed by atoms with Crippen LogP contribution >= 0.6 is 0 Å². The smallest absolute Gasteiger partial charge is 0.271 e. The van der Waals surface area contributed by atoms with Crippen molar-refractivity contribution in [2.24, 2.45) is 0 Å². The Hall–Kier alpha value is -4.58. The number of benzene rings is 2. The number of aryl methyl sites for hydroxylation is 1. The highest BCUT2D eigenvalue weighted by atomic mass is 16.6. The number of ether oxygens (including phenoxy) is 2. The van der Waals surface area contributed by atoms with Crippen molar-refractivity contribution in [3.8, 4) is 23.3 Å². The summed E-state index contributed by atoms with van der Waals surface area (Å²) in [6, 6.07) is 15.0. The molecule has 1 aromatic heterocycles. The molecule has 174 valence electrons. The Morgan fingerprint density at radius 3 is 2.65 bits per heavy atom. The number of amides is 1. The molecule has 0 aliphatic carbocycles. The van der Waals surface area contributed by atoms with Gasteiger partial charge in [-0.1, -0.05) is 6.07 Å². The standard InChI is InChI=1S/C25H24N4O5/c1-5-34-22-8-6-7-20(13-22)27-25(30)19(15-26)12-18-11-16(2)28(17(18)3)23-14-21(29(31)32)9-10-24(23)33-4/h6-14H,5H2,1-4H3,(H,27,30). The summed E-state index contributed by atoms with van der Waals surface area (Å²) >= 11 is 0. The van der Waals surface area contributed by atoms with Crippen molar-refractivity contribution in [1.82, 2.24) is 4.57 Å². The van der Waals surface area contributed by atoms with Crippen molar-refractivity contribution < 1.29 is 19.2 Å². The molecule has 1 amide bonds. The van der Waals surface area contributed by atoms with E-state index in [1.807, 2.05) is 19.9 Å². The molecule has 1 N–H and O–H groups in total. The maximum atomic E-state index is 12.8. The molecular weight excluding hydrogens is 436 g/mol. The van der Waals surface area contributed by atoms with Gasteiger partial charge in [0.2, 0.25) is 0 Å². The first kappa shape index (κ1) is 24.1. The van der Waals surface area contributed by atoms with E-state index < -0.39 is 10.8 Å². The van der Waals surface area contributed by atoms with Crippen molar-refractivity contribution >= 4 is 23.4 Å². The van der Waals surface area contributed by atoms with E-state index in [1.165, 1.54) is 31.4 Å². The number of nitriles is 1. The number of carbonyl (C=O) groups is 1. The van der Waals surface area contributed by atoms with Crippen LogP contribution in [0.1, 0.15) is 23.9 Å². The molecule has 34 heavy (non-hydrogen) atoms. The van der Waals surface area contributed by atoms with Crippen molar-refractivity contribution in [3.63, 3.8) is 0 Å². The summed E-state index contributed by atoms with van der Waals surface area (Å²) in [6.07, 6.45) is 1.49. The predicted octanol–water partition coefficient (Wildman–Crippen LogP) is 4.96. The summed E-state index contributed by atoms with van der Waals surface area (Å²) in [4.78, 5) is 23.6. The van der Waals surface area contributed by atoms with Gasteiger partial charge in [0.1, 0.15) is 23.1 Å². The van der Waals surface area contributed by atoms with Crippen LogP contribution in [0, 0.1) is 35.3 Å². The molecule has 0 bridgehead atoms. The van der Waals surface area contributed by atoms with Gasteiger partial charge in [0, 0.05) is 35.3 Å². The quantitative estimate of drug-likeness (QED) is 0.220. The molecule has 1 heterocycles. The Labute approximate surface area is 197 Å². The number of nitro benzene ring substituents is 1. The van der Waals surface area contributed by atoms with Crippen LogP contribution in [0.5, 0.6) is 11.5 Å². The van der Waals surface area contributed by atoms with Gasteiger partial charge in [0.05, 0.1) is 24.3 Å². The normalized spacial score (nSPS) is 11.0. The van der Waals surface area contributed by atoms with E-state index in [0.717, 1.165) is 5.69 Å². The predicted molar refractivity (Wildman–Crippen MR) is 128 cm³/mol. The topological polar surface area (TPSA) is 119 Å². The van der Waals surface area contributed by atoms with Gasteiger partial charge in [0.25, 0.3) is 11.6 Å². The van der Waals surface area contributed by atoms with Gasteiger partial charge in [0.15, 0.2) is 0 Å². The van der Waals surface area contributed by atoms with Crippen LogP contribution in [0.3, 0.4) is 0 Å². The van der Waals surface area contributed by atoms with Crippen LogP contribution in [-0.4, -0.2) is 29.1 Å². The summed E-state index contributed by atoms with van der Waals surface area (Å²) in [5.74, 6) is 0.501. The Morgan fingerprint density at radius 1 is 1.24 bits per heavy atom. The molecule has 3 aromatic rings. The van der Waals surface area contributed by atoms with E-state index in [1.54, 1.807) is 41.8 Å². The molecule has 0 aliphatic heterocycles. The maximum absolute atomic E-state index is 12.8. The molecule has 0 saturated heterocycles. The lowest BCUT2D eigenvalue weighted by Crippen LogP contribution is -2.13. The Kier molecular flexibility index (Phi) is 7.33. The summed E-state index contributed by atoms with van der Waals surface area (Å²) < 4.78 is 12.6. The van der Waals surface area contributed by atoms with Gasteiger partial charge in [-0.15, -0.1) is 0 Å². The fourth-order valence-electron chi connectivity index (χ4n) is 3.60. The molecule has 0 aliphatic rings. The molecule has 0 saturated carbocycles. The zero-order chi connectivity index (χ0) is 24.8. The van der Waals surface area contributed by atoms with Crippen molar-refractivity contribution in [2.75, 3.05) is 19.0 Å². The number of anilines is 1. The van der Waals surface area contributed by atoms with E-state index in [4.69, 9.17) is 9.47 Å². The summed E-state index contributed by atoms with van der Waals surface area (Å²) in [5.41, 5.74) is 2.89. The minimum atomic E-state index is -0.561. The number of rotatable bonds is 8. The van der Waals surface area contributed by atoms with Gasteiger partial charge in [-0.2, -0.15) is 5.26 Å². The van der Waals surface area contributed by atoms with Crippen LogP contribution in [0.4, 0.5) is 11.4 Å². The molecule has 9 nitrogen and oxygen atoms in total. The van der Waals surface area contributed by atoms with Gasteiger partial charge in [-0.3, -0.25) is 14.9 Å². The fourth-order valence-corrected chi connectivity index (χ4v) is 3.60. The van der Waals surface area contributed by atoms with Gasteiger partial charge >= 0.3 is 0 Å². The summed E-state index contributed by atoms with van der Waals surface area (Å²) in [6.45, 7) is 5.98. The molecule has 2 aromatic carbocycles. The van der Waals surface area contributed by atoms with E-state index in [9.17, 15) is 20.2 Å². The van der Waals surface area contributed by atoms with Crippen LogP contribution in [-0.2, 0) is 4.79 Å². The third-order valence-electron chi connectivity index (χ3n) is 5.15. The number of non-ortho nitro benzene ring substituents is 1. The number of methoxy groups -OCH3 is 1. The minimum absolute atomic E-state index is 0.0771. The Balaban J connectivity index is 1.98. The number of aromatic nitrogens is 1. The third kappa shape index (κ3) is 5.07. The SMILES string of the molecule is CCOc1cccc(NC(=O)C(C#N)=Cc2cc(C)n(-c3cc([N+](=O)[O-])ccc3OC)c2C)c1. The maximum Gasteiger partial charge on any atom is 0.271 e. The molecule has 3 rings (SSSR count). The highest BCUT2D eigenvalue weighted by Gasteiger charge is 2.19. The molecule has 9 heteroatoms. The minimum Gasteiger partial charge on any atom is -0.495 e. The average molecular weight is 460 g/mol. The second kappa shape index (κ2) is 10.4. The van der Waals surface area contributed by atoms with Crippen molar-refractivity contribution in [2.45, 2.75) is 20.8 Å².